The van der Waals surface area contributed by atoms with Gasteiger partial charge in [-0.15, -0.1) is 0 Å². The van der Waals surface area contributed by atoms with Crippen molar-refractivity contribution in [3.63, 3.8) is 0 Å². The van der Waals surface area contributed by atoms with E-state index in [9.17, 15) is 9.59 Å². The average Bonchev–Trinajstić information content (AvgIpc) is 2.40. The van der Waals surface area contributed by atoms with Crippen LogP contribution in [0.1, 0.15) is 31.1 Å². The van der Waals surface area contributed by atoms with E-state index < -0.39 is 12.1 Å². The molecule has 0 aliphatic heterocycles. The van der Waals surface area contributed by atoms with Crippen LogP contribution in [0.15, 0.2) is 24.3 Å². The molecule has 1 aromatic rings. The normalized spacial score (nSPS) is 11.5. The molecular weight excluding hydrogens is 248 g/mol. The Balaban J connectivity index is 2.61. The van der Waals surface area contributed by atoms with Gasteiger partial charge in [0.1, 0.15) is 5.75 Å². The first-order valence-corrected chi connectivity index (χ1v) is 6.19. The highest BCUT2D eigenvalue weighted by Gasteiger charge is 2.15. The van der Waals surface area contributed by atoms with Gasteiger partial charge in [-0.3, -0.25) is 0 Å². The Hall–Kier alpha value is -2.04. The molecule has 0 amide bonds. The van der Waals surface area contributed by atoms with Gasteiger partial charge in [0.05, 0.1) is 18.8 Å². The van der Waals surface area contributed by atoms with Crippen LogP contribution in [0.4, 0.5) is 0 Å². The summed E-state index contributed by atoms with van der Waals surface area (Å²) < 4.78 is 15.1. The van der Waals surface area contributed by atoms with Gasteiger partial charge in [-0.05, 0) is 45.0 Å². The molecule has 104 valence electrons. The van der Waals surface area contributed by atoms with Crippen LogP contribution in [0.25, 0.3) is 0 Å². The molecule has 0 heterocycles. The molecule has 5 heteroatoms. The largest absolute Gasteiger partial charge is 0.479 e. The summed E-state index contributed by atoms with van der Waals surface area (Å²) in [7, 11) is 0. The van der Waals surface area contributed by atoms with Crippen molar-refractivity contribution in [3.8, 4) is 5.75 Å². The van der Waals surface area contributed by atoms with Crippen LogP contribution in [0.3, 0.4) is 0 Å². The second kappa shape index (κ2) is 7.41. The van der Waals surface area contributed by atoms with Crippen molar-refractivity contribution in [3.05, 3.63) is 29.8 Å². The Labute approximate surface area is 112 Å². The fraction of sp³-hybridized carbons (Fsp3) is 0.429. The van der Waals surface area contributed by atoms with Crippen LogP contribution >= 0.6 is 0 Å². The summed E-state index contributed by atoms with van der Waals surface area (Å²) in [5.41, 5.74) is 0.443. The highest BCUT2D eigenvalue weighted by Crippen LogP contribution is 2.15. The molecule has 5 nitrogen and oxygen atoms in total. The summed E-state index contributed by atoms with van der Waals surface area (Å²) in [5.74, 6) is -0.307. The maximum atomic E-state index is 11.4. The molecule has 0 N–H and O–H groups in total. The van der Waals surface area contributed by atoms with Crippen LogP contribution in [-0.4, -0.2) is 31.3 Å². The fourth-order valence-electron chi connectivity index (χ4n) is 1.40. The Kier molecular flexibility index (Phi) is 5.85. The van der Waals surface area contributed by atoms with Crippen LogP contribution in [0.2, 0.25) is 0 Å². The van der Waals surface area contributed by atoms with Crippen molar-refractivity contribution in [2.24, 2.45) is 0 Å². The molecule has 0 aromatic heterocycles. The minimum Gasteiger partial charge on any atom is -0.479 e. The third kappa shape index (κ3) is 4.62. The highest BCUT2D eigenvalue weighted by molar-refractivity contribution is 5.89. The zero-order valence-electron chi connectivity index (χ0n) is 11.3. The molecule has 1 rings (SSSR count). The predicted molar refractivity (Wildman–Crippen MR) is 69.1 cm³/mol. The number of ether oxygens (including phenoxy) is 3. The number of hydrogen-bond donors (Lipinski definition) is 0. The van der Waals surface area contributed by atoms with E-state index in [-0.39, 0.29) is 5.97 Å². The smallest absolute Gasteiger partial charge is 0.347 e. The van der Waals surface area contributed by atoms with Gasteiger partial charge in [0.25, 0.3) is 0 Å². The SMILES string of the molecule is CCOC(=O)c1ccc(OC(C)C(=O)OCC)cc1. The van der Waals surface area contributed by atoms with E-state index in [2.05, 4.69) is 0 Å². The van der Waals surface area contributed by atoms with Crippen molar-refractivity contribution in [1.82, 2.24) is 0 Å². The Morgan fingerprint density at radius 3 is 2.16 bits per heavy atom. The minimum atomic E-state index is -0.687. The molecule has 0 aliphatic rings. The van der Waals surface area contributed by atoms with E-state index >= 15 is 0 Å². The summed E-state index contributed by atoms with van der Waals surface area (Å²) in [6.07, 6.45) is -0.687. The van der Waals surface area contributed by atoms with Gasteiger partial charge in [0.2, 0.25) is 0 Å². The van der Waals surface area contributed by atoms with E-state index in [4.69, 9.17) is 14.2 Å². The molecule has 0 fully saturated rings. The molecular formula is C14H18O5. The van der Waals surface area contributed by atoms with Crippen molar-refractivity contribution in [1.29, 1.82) is 0 Å². The Bertz CT molecular complexity index is 424. The lowest BCUT2D eigenvalue weighted by Crippen LogP contribution is -2.26. The quantitative estimate of drug-likeness (QED) is 0.739. The van der Waals surface area contributed by atoms with Gasteiger partial charge in [-0.1, -0.05) is 0 Å². The lowest BCUT2D eigenvalue weighted by Gasteiger charge is -2.13. The second-order valence-electron chi connectivity index (χ2n) is 3.76. The Morgan fingerprint density at radius 2 is 1.63 bits per heavy atom. The van der Waals surface area contributed by atoms with E-state index in [1.807, 2.05) is 0 Å². The standard InChI is InChI=1S/C14H18O5/c1-4-17-13(15)10(3)19-12-8-6-11(7-9-12)14(16)18-5-2/h6-10H,4-5H2,1-3H3. The van der Waals surface area contributed by atoms with Crippen molar-refractivity contribution in [2.45, 2.75) is 26.9 Å². The third-order valence-corrected chi connectivity index (χ3v) is 2.30. The number of hydrogen-bond acceptors (Lipinski definition) is 5. The molecule has 0 saturated heterocycles. The van der Waals surface area contributed by atoms with E-state index in [0.717, 1.165) is 0 Å². The lowest BCUT2D eigenvalue weighted by atomic mass is 10.2. The van der Waals surface area contributed by atoms with Gasteiger partial charge in [0, 0.05) is 0 Å². The number of esters is 2. The summed E-state index contributed by atoms with van der Waals surface area (Å²) in [6, 6.07) is 6.40. The monoisotopic (exact) mass is 266 g/mol. The molecule has 19 heavy (non-hydrogen) atoms. The fourth-order valence-corrected chi connectivity index (χ4v) is 1.40. The zero-order valence-corrected chi connectivity index (χ0v) is 11.3. The van der Waals surface area contributed by atoms with Crippen molar-refractivity contribution >= 4 is 11.9 Å². The van der Waals surface area contributed by atoms with Gasteiger partial charge in [-0.2, -0.15) is 0 Å². The van der Waals surface area contributed by atoms with E-state index in [1.54, 1.807) is 45.0 Å². The number of carbonyl (C=O) groups excluding carboxylic acids is 2. The first-order chi connectivity index (χ1) is 9.08. The minimum absolute atomic E-state index is 0.314. The maximum absolute atomic E-state index is 11.4. The van der Waals surface area contributed by atoms with E-state index in [0.29, 0.717) is 24.5 Å². The third-order valence-electron chi connectivity index (χ3n) is 2.30. The molecule has 0 spiro atoms. The topological polar surface area (TPSA) is 61.8 Å². The number of rotatable bonds is 6. The number of carbonyl (C=O) groups is 2. The molecule has 1 unspecified atom stereocenters. The molecule has 1 aromatic carbocycles. The highest BCUT2D eigenvalue weighted by atomic mass is 16.6. The van der Waals surface area contributed by atoms with Gasteiger partial charge in [0.15, 0.2) is 6.10 Å². The summed E-state index contributed by atoms with van der Waals surface area (Å²) >= 11 is 0. The van der Waals surface area contributed by atoms with Crippen LogP contribution in [0, 0.1) is 0 Å². The molecule has 0 aliphatic carbocycles. The first-order valence-electron chi connectivity index (χ1n) is 6.19. The summed E-state index contributed by atoms with van der Waals surface area (Å²) in [6.45, 7) is 5.73. The molecule has 0 bridgehead atoms. The van der Waals surface area contributed by atoms with Crippen LogP contribution < -0.4 is 4.74 Å². The lowest BCUT2D eigenvalue weighted by molar-refractivity contribution is -0.150. The second-order valence-corrected chi connectivity index (χ2v) is 3.76. The predicted octanol–water partition coefficient (Wildman–Crippen LogP) is 2.19. The summed E-state index contributed by atoms with van der Waals surface area (Å²) in [4.78, 5) is 22.8. The maximum Gasteiger partial charge on any atom is 0.347 e. The van der Waals surface area contributed by atoms with E-state index in [1.165, 1.54) is 0 Å². The molecule has 0 saturated carbocycles. The van der Waals surface area contributed by atoms with Gasteiger partial charge < -0.3 is 14.2 Å². The van der Waals surface area contributed by atoms with Gasteiger partial charge >= 0.3 is 11.9 Å². The number of benzene rings is 1. The molecule has 0 radical (unpaired) electrons. The van der Waals surface area contributed by atoms with Crippen molar-refractivity contribution in [2.75, 3.05) is 13.2 Å². The van der Waals surface area contributed by atoms with Gasteiger partial charge in [-0.25, -0.2) is 9.59 Å². The average molecular weight is 266 g/mol. The van der Waals surface area contributed by atoms with Crippen LogP contribution in [-0.2, 0) is 14.3 Å². The zero-order chi connectivity index (χ0) is 14.3. The van der Waals surface area contributed by atoms with Crippen molar-refractivity contribution < 1.29 is 23.8 Å². The van der Waals surface area contributed by atoms with Crippen LogP contribution in [0.5, 0.6) is 5.75 Å². The summed E-state index contributed by atoms with van der Waals surface area (Å²) in [5, 5.41) is 0. The molecule has 1 atom stereocenters. The Morgan fingerprint density at radius 1 is 1.05 bits per heavy atom. The first kappa shape index (κ1) is 15.0.